The second kappa shape index (κ2) is 13.2. The monoisotopic (exact) mass is 592 g/mol. The third-order valence-corrected chi connectivity index (χ3v) is 7.18. The first-order valence-electron chi connectivity index (χ1n) is 11.6. The van der Waals surface area contributed by atoms with E-state index >= 15 is 0 Å². The third-order valence-electron chi connectivity index (χ3n) is 5.18. The minimum atomic E-state index is -3.97. The van der Waals surface area contributed by atoms with E-state index in [2.05, 4.69) is 42.9 Å². The van der Waals surface area contributed by atoms with Gasteiger partial charge < -0.3 is 19.5 Å². The number of sulfonamides is 1. The van der Waals surface area contributed by atoms with Gasteiger partial charge in [-0.25, -0.2) is 8.42 Å². The number of unbranched alkanes of at least 4 members (excludes halogenated alkanes) is 3. The van der Waals surface area contributed by atoms with E-state index < -0.39 is 10.0 Å². The Morgan fingerprint density at radius 1 is 0.973 bits per heavy atom. The number of halogens is 1. The molecule has 0 aliphatic carbocycles. The lowest BCUT2D eigenvalue weighted by Gasteiger charge is -2.11. The van der Waals surface area contributed by atoms with Crippen molar-refractivity contribution in [2.75, 3.05) is 30.9 Å². The van der Waals surface area contributed by atoms with Crippen molar-refractivity contribution in [2.24, 2.45) is 0 Å². The summed E-state index contributed by atoms with van der Waals surface area (Å²) in [7, 11) is -1.22. The standard InChI is InChI=1S/C25H29BrN4O6S/c1-4-5-6-7-14-36-21-13-8-17(15-20(21)26)24(31)27-18-9-11-19(12-10-18)37(32,33)30-22-16-23(34-2)29-25(28-22)35-3/h8-13,15-16H,4-7,14H2,1-3H3,(H,27,31)(H,28,29,30). The molecule has 37 heavy (non-hydrogen) atoms. The lowest BCUT2D eigenvalue weighted by atomic mass is 10.2. The number of anilines is 2. The van der Waals surface area contributed by atoms with E-state index in [4.69, 9.17) is 14.2 Å². The highest BCUT2D eigenvalue weighted by atomic mass is 79.9. The van der Waals surface area contributed by atoms with Crippen LogP contribution in [0.1, 0.15) is 43.0 Å². The molecule has 3 aromatic rings. The van der Waals surface area contributed by atoms with E-state index in [-0.39, 0.29) is 28.5 Å². The highest BCUT2D eigenvalue weighted by Crippen LogP contribution is 2.27. The van der Waals surface area contributed by atoms with Crippen LogP contribution in [0.25, 0.3) is 0 Å². The minimum Gasteiger partial charge on any atom is -0.492 e. The van der Waals surface area contributed by atoms with Gasteiger partial charge in [0.1, 0.15) is 5.75 Å². The maximum Gasteiger partial charge on any atom is 0.321 e. The normalized spacial score (nSPS) is 11.0. The summed E-state index contributed by atoms with van der Waals surface area (Å²) < 4.78 is 44.4. The molecule has 0 saturated heterocycles. The van der Waals surface area contributed by atoms with E-state index in [0.717, 1.165) is 19.3 Å². The molecule has 198 valence electrons. The lowest BCUT2D eigenvalue weighted by Crippen LogP contribution is -2.15. The topological polar surface area (TPSA) is 129 Å². The zero-order chi connectivity index (χ0) is 26.8. The number of aromatic nitrogens is 2. The summed E-state index contributed by atoms with van der Waals surface area (Å²) >= 11 is 3.46. The Hall–Kier alpha value is -3.38. The average molecular weight is 594 g/mol. The molecule has 1 amide bonds. The molecule has 0 radical (unpaired) electrons. The Morgan fingerprint density at radius 2 is 1.73 bits per heavy atom. The molecule has 3 rings (SSSR count). The molecule has 0 atom stereocenters. The number of ether oxygens (including phenoxy) is 3. The van der Waals surface area contributed by atoms with Crippen molar-refractivity contribution in [3.05, 3.63) is 58.6 Å². The van der Waals surface area contributed by atoms with Crippen molar-refractivity contribution in [3.8, 4) is 17.6 Å². The summed E-state index contributed by atoms with van der Waals surface area (Å²) in [5.41, 5.74) is 0.858. The van der Waals surface area contributed by atoms with Crippen LogP contribution in [-0.2, 0) is 10.0 Å². The molecular formula is C25H29BrN4O6S. The quantitative estimate of drug-likeness (QED) is 0.257. The van der Waals surface area contributed by atoms with E-state index in [1.807, 2.05) is 0 Å². The molecule has 1 aromatic heterocycles. The molecule has 2 aromatic carbocycles. The van der Waals surface area contributed by atoms with Gasteiger partial charge in [0.05, 0.1) is 30.2 Å². The van der Waals surface area contributed by atoms with Crippen molar-refractivity contribution in [3.63, 3.8) is 0 Å². The molecule has 0 aliphatic heterocycles. The molecular weight excluding hydrogens is 564 g/mol. The van der Waals surface area contributed by atoms with E-state index in [9.17, 15) is 13.2 Å². The van der Waals surface area contributed by atoms with Gasteiger partial charge in [0.15, 0.2) is 5.82 Å². The van der Waals surface area contributed by atoms with Gasteiger partial charge >= 0.3 is 6.01 Å². The Morgan fingerprint density at radius 3 is 2.38 bits per heavy atom. The summed E-state index contributed by atoms with van der Waals surface area (Å²) in [4.78, 5) is 20.6. The fourth-order valence-electron chi connectivity index (χ4n) is 3.24. The Kier molecular flexibility index (Phi) is 10.1. The Labute approximate surface area is 224 Å². The highest BCUT2D eigenvalue weighted by molar-refractivity contribution is 9.10. The van der Waals surface area contributed by atoms with Gasteiger partial charge in [0.25, 0.3) is 15.9 Å². The molecule has 1 heterocycles. The van der Waals surface area contributed by atoms with E-state index in [1.165, 1.54) is 51.0 Å². The van der Waals surface area contributed by atoms with Crippen molar-refractivity contribution in [1.82, 2.24) is 9.97 Å². The smallest absolute Gasteiger partial charge is 0.321 e. The molecule has 0 unspecified atom stereocenters. The molecule has 0 fully saturated rings. The number of rotatable bonds is 13. The van der Waals surface area contributed by atoms with Crippen LogP contribution in [0.5, 0.6) is 17.6 Å². The zero-order valence-corrected chi connectivity index (χ0v) is 23.2. The van der Waals surface area contributed by atoms with E-state index in [0.29, 0.717) is 28.1 Å². The van der Waals surface area contributed by atoms with Crippen molar-refractivity contribution in [1.29, 1.82) is 0 Å². The molecule has 0 saturated carbocycles. The van der Waals surface area contributed by atoms with Gasteiger partial charge in [-0.1, -0.05) is 26.2 Å². The predicted octanol–water partition coefficient (Wildman–Crippen LogP) is 5.27. The Bertz CT molecular complexity index is 1300. The molecule has 0 spiro atoms. The largest absolute Gasteiger partial charge is 0.492 e. The SMILES string of the molecule is CCCCCCOc1ccc(C(=O)Nc2ccc(S(=O)(=O)Nc3cc(OC)nc(OC)n3)cc2)cc1Br. The minimum absolute atomic E-state index is 0.0138. The number of hydrogen-bond acceptors (Lipinski definition) is 8. The van der Waals surface area contributed by atoms with Crippen LogP contribution in [-0.4, -0.2) is 45.1 Å². The maximum absolute atomic E-state index is 12.8. The second-order valence-electron chi connectivity index (χ2n) is 7.92. The average Bonchev–Trinajstić information content (AvgIpc) is 2.89. The lowest BCUT2D eigenvalue weighted by molar-refractivity contribution is 0.102. The molecule has 0 bridgehead atoms. The summed E-state index contributed by atoms with van der Waals surface area (Å²) in [5, 5.41) is 2.76. The van der Waals surface area contributed by atoms with Crippen LogP contribution < -0.4 is 24.2 Å². The number of methoxy groups -OCH3 is 2. The fraction of sp³-hybridized carbons (Fsp3) is 0.320. The van der Waals surface area contributed by atoms with Crippen LogP contribution in [0.4, 0.5) is 11.5 Å². The summed E-state index contributed by atoms with van der Waals surface area (Å²) in [6.07, 6.45) is 4.44. The number of nitrogens with one attached hydrogen (secondary N) is 2. The van der Waals surface area contributed by atoms with Gasteiger partial charge in [0, 0.05) is 17.3 Å². The van der Waals surface area contributed by atoms with Gasteiger partial charge in [-0.2, -0.15) is 9.97 Å². The first kappa shape index (κ1) is 28.2. The van der Waals surface area contributed by atoms with Crippen molar-refractivity contribution >= 4 is 43.4 Å². The molecule has 2 N–H and O–H groups in total. The second-order valence-corrected chi connectivity index (χ2v) is 10.5. The number of benzene rings is 2. The number of carbonyl (C=O) groups is 1. The van der Waals surface area contributed by atoms with Gasteiger partial charge in [-0.05, 0) is 64.8 Å². The van der Waals surface area contributed by atoms with Crippen LogP contribution >= 0.6 is 15.9 Å². The first-order valence-corrected chi connectivity index (χ1v) is 13.9. The molecule has 0 aliphatic rings. The number of hydrogen-bond donors (Lipinski definition) is 2. The Balaban J connectivity index is 1.63. The van der Waals surface area contributed by atoms with Crippen LogP contribution in [0.15, 0.2) is 57.9 Å². The van der Waals surface area contributed by atoms with E-state index in [1.54, 1.807) is 18.2 Å². The number of carbonyl (C=O) groups excluding carboxylic acids is 1. The predicted molar refractivity (Wildman–Crippen MR) is 144 cm³/mol. The summed E-state index contributed by atoms with van der Waals surface area (Å²) in [5.74, 6) is 0.457. The number of nitrogens with zero attached hydrogens (tertiary/aromatic N) is 2. The van der Waals surface area contributed by atoms with Crippen LogP contribution in [0, 0.1) is 0 Å². The van der Waals surface area contributed by atoms with Crippen molar-refractivity contribution < 1.29 is 27.4 Å². The third kappa shape index (κ3) is 8.05. The van der Waals surface area contributed by atoms with Crippen molar-refractivity contribution in [2.45, 2.75) is 37.5 Å². The van der Waals surface area contributed by atoms with Gasteiger partial charge in [0.2, 0.25) is 5.88 Å². The van der Waals surface area contributed by atoms with Gasteiger partial charge in [-0.15, -0.1) is 0 Å². The molecule has 12 heteroatoms. The first-order chi connectivity index (χ1) is 17.7. The molecule has 10 nitrogen and oxygen atoms in total. The fourth-order valence-corrected chi connectivity index (χ4v) is 4.72. The van der Waals surface area contributed by atoms with Crippen LogP contribution in [0.3, 0.4) is 0 Å². The van der Waals surface area contributed by atoms with Crippen LogP contribution in [0.2, 0.25) is 0 Å². The summed E-state index contributed by atoms with van der Waals surface area (Å²) in [6.45, 7) is 2.78. The maximum atomic E-state index is 12.8. The zero-order valence-electron chi connectivity index (χ0n) is 20.8. The summed E-state index contributed by atoms with van der Waals surface area (Å²) in [6, 6.07) is 12.1. The number of amides is 1. The highest BCUT2D eigenvalue weighted by Gasteiger charge is 2.17. The van der Waals surface area contributed by atoms with Gasteiger partial charge in [-0.3, -0.25) is 9.52 Å².